The van der Waals surface area contributed by atoms with E-state index >= 15 is 0 Å². The monoisotopic (exact) mass is 296 g/mol. The Balaban J connectivity index is 1.77. The lowest BCUT2D eigenvalue weighted by Crippen LogP contribution is -2.41. The molecule has 0 saturated carbocycles. The molecule has 112 valence electrons. The highest BCUT2D eigenvalue weighted by Gasteiger charge is 2.19. The van der Waals surface area contributed by atoms with Gasteiger partial charge >= 0.3 is 0 Å². The fourth-order valence-electron chi connectivity index (χ4n) is 2.57. The number of aryl methyl sites for hydroxylation is 1. The number of benzene rings is 1. The second-order valence-corrected chi connectivity index (χ2v) is 8.02. The Morgan fingerprint density at radius 3 is 2.60 bits per heavy atom. The molecule has 1 aromatic rings. The standard InChI is InChI=1S/C15H24N2O2S/c1-13-4-3-5-15(12-13)16-14-6-8-17(9-7-14)10-11-20(2,18)19/h3-5,12,14,16H,6-11H2,1-2H3. The van der Waals surface area contributed by atoms with Crippen LogP contribution in [0.15, 0.2) is 24.3 Å². The van der Waals surface area contributed by atoms with Crippen LogP contribution in [0.4, 0.5) is 5.69 Å². The molecule has 4 nitrogen and oxygen atoms in total. The van der Waals surface area contributed by atoms with Gasteiger partial charge in [0.1, 0.15) is 9.84 Å². The van der Waals surface area contributed by atoms with E-state index < -0.39 is 9.84 Å². The van der Waals surface area contributed by atoms with E-state index in [4.69, 9.17) is 0 Å². The van der Waals surface area contributed by atoms with Gasteiger partial charge in [0.15, 0.2) is 0 Å². The molecule has 1 fully saturated rings. The molecular weight excluding hydrogens is 272 g/mol. The number of likely N-dealkylation sites (tertiary alicyclic amines) is 1. The van der Waals surface area contributed by atoms with Crippen molar-refractivity contribution in [3.05, 3.63) is 29.8 Å². The van der Waals surface area contributed by atoms with Gasteiger partial charge in [0, 0.05) is 37.6 Å². The van der Waals surface area contributed by atoms with Gasteiger partial charge in [-0.15, -0.1) is 0 Å². The van der Waals surface area contributed by atoms with Gasteiger partial charge in [-0.05, 0) is 37.5 Å². The Morgan fingerprint density at radius 2 is 2.00 bits per heavy atom. The molecule has 20 heavy (non-hydrogen) atoms. The third kappa shape index (κ3) is 5.13. The first-order valence-electron chi connectivity index (χ1n) is 7.16. The van der Waals surface area contributed by atoms with E-state index in [1.54, 1.807) is 0 Å². The molecular formula is C15H24N2O2S. The van der Waals surface area contributed by atoms with Crippen LogP contribution in [0.3, 0.4) is 0 Å². The second-order valence-electron chi connectivity index (χ2n) is 5.76. The molecule has 1 aromatic carbocycles. The molecule has 1 saturated heterocycles. The number of hydrogen-bond acceptors (Lipinski definition) is 4. The normalized spacial score (nSPS) is 18.1. The smallest absolute Gasteiger partial charge is 0.148 e. The van der Waals surface area contributed by atoms with E-state index in [9.17, 15) is 8.42 Å². The molecule has 0 aliphatic carbocycles. The summed E-state index contributed by atoms with van der Waals surface area (Å²) in [7, 11) is -2.85. The van der Waals surface area contributed by atoms with Gasteiger partial charge in [-0.2, -0.15) is 0 Å². The third-order valence-electron chi connectivity index (χ3n) is 3.75. The topological polar surface area (TPSA) is 49.4 Å². The van der Waals surface area contributed by atoms with Crippen LogP contribution in [-0.2, 0) is 9.84 Å². The molecule has 2 rings (SSSR count). The molecule has 0 radical (unpaired) electrons. The Bertz CT molecular complexity index is 535. The number of nitrogens with zero attached hydrogens (tertiary/aromatic N) is 1. The Morgan fingerprint density at radius 1 is 1.30 bits per heavy atom. The molecule has 0 unspecified atom stereocenters. The Hall–Kier alpha value is -1.07. The van der Waals surface area contributed by atoms with Gasteiger partial charge in [-0.1, -0.05) is 12.1 Å². The van der Waals surface area contributed by atoms with Crippen LogP contribution >= 0.6 is 0 Å². The van der Waals surface area contributed by atoms with Crippen molar-refractivity contribution in [2.45, 2.75) is 25.8 Å². The number of nitrogens with one attached hydrogen (secondary N) is 1. The van der Waals surface area contributed by atoms with Crippen LogP contribution in [0.25, 0.3) is 0 Å². The summed E-state index contributed by atoms with van der Waals surface area (Å²) in [6, 6.07) is 8.92. The zero-order valence-corrected chi connectivity index (χ0v) is 13.1. The minimum atomic E-state index is -2.85. The van der Waals surface area contributed by atoms with Crippen LogP contribution in [-0.4, -0.2) is 51.0 Å². The number of hydrogen-bond donors (Lipinski definition) is 1. The first-order chi connectivity index (χ1) is 9.42. The average molecular weight is 296 g/mol. The Labute approximate surface area is 122 Å². The zero-order chi connectivity index (χ0) is 14.6. The van der Waals surface area contributed by atoms with Crippen molar-refractivity contribution < 1.29 is 8.42 Å². The quantitative estimate of drug-likeness (QED) is 0.902. The average Bonchev–Trinajstić information content (AvgIpc) is 2.37. The molecule has 0 atom stereocenters. The van der Waals surface area contributed by atoms with Crippen molar-refractivity contribution in [2.75, 3.05) is 37.0 Å². The van der Waals surface area contributed by atoms with E-state index in [0.717, 1.165) is 25.9 Å². The lowest BCUT2D eigenvalue weighted by atomic mass is 10.0. The first kappa shape index (κ1) is 15.3. The van der Waals surface area contributed by atoms with Crippen molar-refractivity contribution in [1.82, 2.24) is 4.90 Å². The zero-order valence-electron chi connectivity index (χ0n) is 12.3. The molecule has 1 aliphatic rings. The maximum atomic E-state index is 11.2. The van der Waals surface area contributed by atoms with Gasteiger partial charge < -0.3 is 10.2 Å². The fourth-order valence-corrected chi connectivity index (χ4v) is 3.16. The van der Waals surface area contributed by atoms with E-state index in [1.165, 1.54) is 17.5 Å². The maximum Gasteiger partial charge on any atom is 0.148 e. The van der Waals surface area contributed by atoms with Crippen molar-refractivity contribution in [3.63, 3.8) is 0 Å². The van der Waals surface area contributed by atoms with E-state index in [0.29, 0.717) is 12.6 Å². The number of piperidine rings is 1. The predicted octanol–water partition coefficient (Wildman–Crippen LogP) is 1.92. The van der Waals surface area contributed by atoms with Crippen LogP contribution in [0.2, 0.25) is 0 Å². The van der Waals surface area contributed by atoms with Crippen LogP contribution in [0, 0.1) is 6.92 Å². The molecule has 1 N–H and O–H groups in total. The van der Waals surface area contributed by atoms with Gasteiger partial charge in [-0.25, -0.2) is 8.42 Å². The number of sulfone groups is 1. The summed E-state index contributed by atoms with van der Waals surface area (Å²) in [6.07, 6.45) is 3.44. The van der Waals surface area contributed by atoms with E-state index in [-0.39, 0.29) is 5.75 Å². The summed E-state index contributed by atoms with van der Waals surface area (Å²) in [6.45, 7) is 4.70. The minimum absolute atomic E-state index is 0.267. The lowest BCUT2D eigenvalue weighted by Gasteiger charge is -2.32. The van der Waals surface area contributed by atoms with Crippen molar-refractivity contribution >= 4 is 15.5 Å². The lowest BCUT2D eigenvalue weighted by molar-refractivity contribution is 0.230. The summed E-state index contributed by atoms with van der Waals surface area (Å²) in [4.78, 5) is 2.25. The van der Waals surface area contributed by atoms with Gasteiger partial charge in [0.05, 0.1) is 5.75 Å². The molecule has 5 heteroatoms. The minimum Gasteiger partial charge on any atom is -0.382 e. The summed E-state index contributed by atoms with van der Waals surface area (Å²) in [5.74, 6) is 0.267. The maximum absolute atomic E-state index is 11.2. The predicted molar refractivity (Wildman–Crippen MR) is 84.0 cm³/mol. The number of anilines is 1. The van der Waals surface area contributed by atoms with Crippen molar-refractivity contribution in [3.8, 4) is 0 Å². The van der Waals surface area contributed by atoms with E-state index in [1.807, 2.05) is 0 Å². The van der Waals surface area contributed by atoms with Gasteiger partial charge in [0.25, 0.3) is 0 Å². The van der Waals surface area contributed by atoms with Crippen LogP contribution in [0.5, 0.6) is 0 Å². The third-order valence-corrected chi connectivity index (χ3v) is 4.68. The first-order valence-corrected chi connectivity index (χ1v) is 9.22. The van der Waals surface area contributed by atoms with Crippen molar-refractivity contribution in [1.29, 1.82) is 0 Å². The Kier molecular flexibility index (Phi) is 5.05. The molecule has 0 aromatic heterocycles. The second kappa shape index (κ2) is 6.59. The largest absolute Gasteiger partial charge is 0.382 e. The molecule has 1 aliphatic heterocycles. The summed E-state index contributed by atoms with van der Waals surface area (Å²) >= 11 is 0. The molecule has 1 heterocycles. The van der Waals surface area contributed by atoms with Crippen LogP contribution in [0.1, 0.15) is 18.4 Å². The molecule has 0 spiro atoms. The SMILES string of the molecule is Cc1cccc(NC2CCN(CCS(C)(=O)=O)CC2)c1. The highest BCUT2D eigenvalue weighted by molar-refractivity contribution is 7.90. The van der Waals surface area contributed by atoms with Crippen LogP contribution < -0.4 is 5.32 Å². The summed E-state index contributed by atoms with van der Waals surface area (Å²) < 4.78 is 22.3. The molecule has 0 amide bonds. The van der Waals surface area contributed by atoms with Gasteiger partial charge in [-0.3, -0.25) is 0 Å². The molecule has 0 bridgehead atoms. The summed E-state index contributed by atoms with van der Waals surface area (Å²) in [5, 5.41) is 3.57. The highest BCUT2D eigenvalue weighted by Crippen LogP contribution is 2.17. The van der Waals surface area contributed by atoms with Crippen molar-refractivity contribution in [2.24, 2.45) is 0 Å². The van der Waals surface area contributed by atoms with E-state index in [2.05, 4.69) is 41.4 Å². The highest BCUT2D eigenvalue weighted by atomic mass is 32.2. The van der Waals surface area contributed by atoms with Gasteiger partial charge in [0.2, 0.25) is 0 Å². The summed E-state index contributed by atoms with van der Waals surface area (Å²) in [5.41, 5.74) is 2.44. The fraction of sp³-hybridized carbons (Fsp3) is 0.600. The number of rotatable bonds is 5.